The van der Waals surface area contributed by atoms with Crippen LogP contribution >= 0.6 is 34.8 Å². The molecular weight excluding hydrogens is 452 g/mol. The Hall–Kier alpha value is -1.48. The van der Waals surface area contributed by atoms with Gasteiger partial charge in [-0.25, -0.2) is 0 Å². The molecule has 0 aliphatic carbocycles. The van der Waals surface area contributed by atoms with E-state index in [4.69, 9.17) is 34.8 Å². The summed E-state index contributed by atoms with van der Waals surface area (Å²) in [7, 11) is 0. The molecule has 1 aliphatic heterocycles. The van der Waals surface area contributed by atoms with Crippen LogP contribution in [0.25, 0.3) is 0 Å². The third-order valence-electron chi connectivity index (χ3n) is 4.86. The number of piperazine rings is 1. The fraction of sp³-hybridized carbons (Fsp3) is 0.444. The highest BCUT2D eigenvalue weighted by atomic mass is 35.5. The van der Waals surface area contributed by atoms with Crippen LogP contribution in [0.2, 0.25) is 15.1 Å². The van der Waals surface area contributed by atoms with Crippen molar-refractivity contribution in [1.29, 1.82) is 0 Å². The maximum absolute atomic E-state index is 12.9. The molecule has 11 heteroatoms. The van der Waals surface area contributed by atoms with E-state index in [1.807, 2.05) is 0 Å². The first-order chi connectivity index (χ1) is 13.6. The van der Waals surface area contributed by atoms with E-state index in [0.717, 1.165) is 10.2 Å². The van der Waals surface area contributed by atoms with Crippen LogP contribution in [-0.4, -0.2) is 51.7 Å². The number of hydrogen-bond acceptors (Lipinski definition) is 3. The molecular formula is C18H18Cl3F3N4O. The first kappa shape index (κ1) is 22.2. The van der Waals surface area contributed by atoms with Crippen LogP contribution in [0.3, 0.4) is 0 Å². The molecule has 0 radical (unpaired) electrons. The van der Waals surface area contributed by atoms with Gasteiger partial charge >= 0.3 is 6.18 Å². The number of hydrogen-bond donors (Lipinski definition) is 0. The van der Waals surface area contributed by atoms with Crippen molar-refractivity contribution in [3.8, 4) is 0 Å². The van der Waals surface area contributed by atoms with E-state index in [-0.39, 0.29) is 18.1 Å². The molecule has 0 N–H and O–H groups in total. The van der Waals surface area contributed by atoms with Gasteiger partial charge in [0.2, 0.25) is 5.91 Å². The lowest BCUT2D eigenvalue weighted by atomic mass is 10.2. The van der Waals surface area contributed by atoms with Gasteiger partial charge in [-0.3, -0.25) is 14.4 Å². The molecule has 0 atom stereocenters. The molecule has 1 aliphatic rings. The van der Waals surface area contributed by atoms with Gasteiger partial charge in [-0.05, 0) is 19.1 Å². The second kappa shape index (κ2) is 8.71. The van der Waals surface area contributed by atoms with Crippen LogP contribution in [0.15, 0.2) is 18.2 Å². The molecule has 29 heavy (non-hydrogen) atoms. The van der Waals surface area contributed by atoms with E-state index in [1.165, 1.54) is 6.92 Å². The maximum Gasteiger partial charge on any atom is 0.436 e. The summed E-state index contributed by atoms with van der Waals surface area (Å²) in [5.41, 5.74) is -0.234. The van der Waals surface area contributed by atoms with Crippen LogP contribution in [0.5, 0.6) is 0 Å². The zero-order valence-corrected chi connectivity index (χ0v) is 17.7. The topological polar surface area (TPSA) is 41.4 Å². The normalized spacial score (nSPS) is 15.8. The van der Waals surface area contributed by atoms with E-state index in [0.29, 0.717) is 42.8 Å². The van der Waals surface area contributed by atoms with Crippen LogP contribution in [-0.2, 0) is 24.1 Å². The molecule has 0 spiro atoms. The SMILES string of the molecule is Cc1c(Cl)c(C(F)(F)F)nn1CC(=O)N1CCN(Cc2c(Cl)cccc2Cl)CC1. The van der Waals surface area contributed by atoms with E-state index in [9.17, 15) is 18.0 Å². The smallest absolute Gasteiger partial charge is 0.339 e. The number of carbonyl (C=O) groups excluding carboxylic acids is 1. The van der Waals surface area contributed by atoms with E-state index < -0.39 is 16.9 Å². The summed E-state index contributed by atoms with van der Waals surface area (Å²) in [6, 6.07) is 5.32. The Bertz CT molecular complexity index is 888. The highest BCUT2D eigenvalue weighted by molar-refractivity contribution is 6.36. The monoisotopic (exact) mass is 468 g/mol. The lowest BCUT2D eigenvalue weighted by Gasteiger charge is -2.35. The molecule has 0 saturated carbocycles. The predicted molar refractivity (Wildman–Crippen MR) is 105 cm³/mol. The minimum absolute atomic E-state index is 0.110. The number of alkyl halides is 3. The molecule has 158 valence electrons. The fourth-order valence-corrected chi connectivity index (χ4v) is 3.91. The minimum atomic E-state index is -4.66. The average Bonchev–Trinajstić information content (AvgIpc) is 2.94. The van der Waals surface area contributed by atoms with E-state index >= 15 is 0 Å². The molecule has 1 aromatic carbocycles. The average molecular weight is 470 g/mol. The summed E-state index contributed by atoms with van der Waals surface area (Å²) >= 11 is 18.1. The molecule has 1 amide bonds. The van der Waals surface area contributed by atoms with Crippen LogP contribution < -0.4 is 0 Å². The highest BCUT2D eigenvalue weighted by Gasteiger charge is 2.38. The third-order valence-corrected chi connectivity index (χ3v) is 6.02. The molecule has 0 unspecified atom stereocenters. The Labute approximate surface area is 180 Å². The molecule has 5 nitrogen and oxygen atoms in total. The summed E-state index contributed by atoms with van der Waals surface area (Å²) in [6.45, 7) is 3.76. The molecule has 2 aromatic rings. The van der Waals surface area contributed by atoms with Gasteiger partial charge in [-0.2, -0.15) is 18.3 Å². The standard InChI is InChI=1S/C18H18Cl3F3N4O/c1-11-16(21)17(18(22,23)24)25-28(11)10-15(29)27-7-5-26(6-8-27)9-12-13(19)3-2-4-14(12)20/h2-4H,5-10H2,1H3. The number of carbonyl (C=O) groups is 1. The van der Waals surface area contributed by atoms with E-state index in [2.05, 4.69) is 10.00 Å². The Morgan fingerprint density at radius 1 is 1.10 bits per heavy atom. The number of rotatable bonds is 4. The summed E-state index contributed by atoms with van der Waals surface area (Å²) in [6.07, 6.45) is -4.66. The van der Waals surface area contributed by atoms with Gasteiger partial charge in [0.05, 0.1) is 10.7 Å². The Morgan fingerprint density at radius 2 is 1.69 bits per heavy atom. The van der Waals surface area contributed by atoms with Crippen molar-refractivity contribution in [1.82, 2.24) is 19.6 Å². The first-order valence-corrected chi connectivity index (χ1v) is 9.94. The van der Waals surface area contributed by atoms with Crippen LogP contribution in [0.4, 0.5) is 13.2 Å². The fourth-order valence-electron chi connectivity index (χ4n) is 3.15. The maximum atomic E-state index is 12.9. The second-order valence-electron chi connectivity index (χ2n) is 6.76. The molecule has 1 fully saturated rings. The zero-order valence-electron chi connectivity index (χ0n) is 15.4. The van der Waals surface area contributed by atoms with Crippen LogP contribution in [0, 0.1) is 6.92 Å². The van der Waals surface area contributed by atoms with Crippen molar-refractivity contribution in [3.05, 3.63) is 50.2 Å². The predicted octanol–water partition coefficient (Wildman–Crippen LogP) is 4.51. The quantitative estimate of drug-likeness (QED) is 0.661. The van der Waals surface area contributed by atoms with Crippen molar-refractivity contribution >= 4 is 40.7 Å². The first-order valence-electron chi connectivity index (χ1n) is 8.81. The minimum Gasteiger partial charge on any atom is -0.339 e. The van der Waals surface area contributed by atoms with Crippen molar-refractivity contribution in [3.63, 3.8) is 0 Å². The number of benzene rings is 1. The number of nitrogens with zero attached hydrogens (tertiary/aromatic N) is 4. The Kier molecular flexibility index (Phi) is 6.67. The van der Waals surface area contributed by atoms with E-state index in [1.54, 1.807) is 23.1 Å². The van der Waals surface area contributed by atoms with Gasteiger partial charge in [0.1, 0.15) is 6.54 Å². The Balaban J connectivity index is 1.60. The largest absolute Gasteiger partial charge is 0.436 e. The number of aromatic nitrogens is 2. The van der Waals surface area contributed by atoms with Crippen molar-refractivity contribution in [2.45, 2.75) is 26.2 Å². The molecule has 1 saturated heterocycles. The zero-order chi connectivity index (χ0) is 21.3. The summed E-state index contributed by atoms with van der Waals surface area (Å²) < 4.78 is 39.8. The number of amides is 1. The third kappa shape index (κ3) is 4.99. The van der Waals surface area contributed by atoms with Crippen molar-refractivity contribution in [2.24, 2.45) is 0 Å². The molecule has 3 rings (SSSR count). The van der Waals surface area contributed by atoms with Gasteiger partial charge in [0.15, 0.2) is 5.69 Å². The van der Waals surface area contributed by atoms with Gasteiger partial charge in [0.25, 0.3) is 0 Å². The van der Waals surface area contributed by atoms with Gasteiger partial charge in [-0.1, -0.05) is 40.9 Å². The lowest BCUT2D eigenvalue weighted by molar-refractivity contribution is -0.142. The Morgan fingerprint density at radius 3 is 2.21 bits per heavy atom. The lowest BCUT2D eigenvalue weighted by Crippen LogP contribution is -2.49. The number of halogens is 6. The van der Waals surface area contributed by atoms with Gasteiger partial charge < -0.3 is 4.90 Å². The van der Waals surface area contributed by atoms with Crippen molar-refractivity contribution < 1.29 is 18.0 Å². The van der Waals surface area contributed by atoms with Crippen molar-refractivity contribution in [2.75, 3.05) is 26.2 Å². The summed E-state index contributed by atoms with van der Waals surface area (Å²) in [4.78, 5) is 16.3. The van der Waals surface area contributed by atoms with Gasteiger partial charge in [-0.15, -0.1) is 0 Å². The molecule has 0 bridgehead atoms. The second-order valence-corrected chi connectivity index (χ2v) is 7.95. The van der Waals surface area contributed by atoms with Crippen LogP contribution in [0.1, 0.15) is 17.0 Å². The molecule has 1 aromatic heterocycles. The van der Waals surface area contributed by atoms with Gasteiger partial charge in [0, 0.05) is 48.3 Å². The molecule has 2 heterocycles. The highest BCUT2D eigenvalue weighted by Crippen LogP contribution is 2.35. The summed E-state index contributed by atoms with van der Waals surface area (Å²) in [5, 5.41) is 4.17. The summed E-state index contributed by atoms with van der Waals surface area (Å²) in [5.74, 6) is -0.309.